The molecule has 0 saturated carbocycles. The summed E-state index contributed by atoms with van der Waals surface area (Å²) in [7, 11) is 0. The van der Waals surface area contributed by atoms with Gasteiger partial charge in [-0.1, -0.05) is 53.5 Å². The first kappa shape index (κ1) is 34.9. The van der Waals surface area contributed by atoms with Gasteiger partial charge in [0.25, 0.3) is 0 Å². The number of carbonyl (C=O) groups excluding carboxylic acids is 4. The normalized spacial score (nSPS) is 14.3. The van der Waals surface area contributed by atoms with Crippen molar-refractivity contribution in [2.75, 3.05) is 6.61 Å². The zero-order valence-electron chi connectivity index (χ0n) is 25.2. The fourth-order valence-electron chi connectivity index (χ4n) is 3.53. The summed E-state index contributed by atoms with van der Waals surface area (Å²) in [6, 6.07) is 3.66. The molecule has 4 atom stereocenters. The molecule has 1 aromatic carbocycles. The van der Waals surface area contributed by atoms with Gasteiger partial charge < -0.3 is 29.4 Å². The minimum absolute atomic E-state index is 0.0658. The molecule has 0 aliphatic carbocycles. The standard InChI is InChI=1S/C30H47NO9/c1-9-12-19(4)26(32)38-24-15-14-22(17-25(24)39-27(33)20(5)13-10-2)16-23(31)28(34)36-18-21(6)37-29(35)40-30(7,8)11-3/h14-15,17,19-21,23H,9-13,16,18,31H2,1-8H3/t19?,20?,21-,23-/m0/s1. The van der Waals surface area contributed by atoms with E-state index in [4.69, 9.17) is 29.4 Å². The lowest BCUT2D eigenvalue weighted by atomic mass is 10.0. The van der Waals surface area contributed by atoms with Crippen LogP contribution in [0.15, 0.2) is 18.2 Å². The van der Waals surface area contributed by atoms with Crippen LogP contribution in [-0.4, -0.2) is 48.4 Å². The van der Waals surface area contributed by atoms with Crippen LogP contribution in [0.1, 0.15) is 93.1 Å². The van der Waals surface area contributed by atoms with Crippen LogP contribution in [-0.2, 0) is 35.0 Å². The number of ether oxygens (including phenoxy) is 5. The lowest BCUT2D eigenvalue weighted by molar-refractivity contribution is -0.148. The molecule has 0 bridgehead atoms. The zero-order valence-corrected chi connectivity index (χ0v) is 25.2. The topological polar surface area (TPSA) is 140 Å². The summed E-state index contributed by atoms with van der Waals surface area (Å²) in [6.07, 6.45) is 2.04. The van der Waals surface area contributed by atoms with Crippen LogP contribution in [0.3, 0.4) is 0 Å². The molecule has 0 fully saturated rings. The van der Waals surface area contributed by atoms with Crippen molar-refractivity contribution >= 4 is 24.1 Å². The molecule has 10 heteroatoms. The minimum Gasteiger partial charge on any atom is -0.461 e. The SMILES string of the molecule is CCCC(C)C(=O)Oc1ccc(C[C@H](N)C(=O)OC[C@H](C)OC(=O)OC(C)(C)CC)cc1OC(=O)C(C)CCC. The summed E-state index contributed by atoms with van der Waals surface area (Å²) in [6.45, 7) is 14.3. The Kier molecular flexibility index (Phi) is 14.7. The van der Waals surface area contributed by atoms with Crippen molar-refractivity contribution in [2.24, 2.45) is 17.6 Å². The third-order valence-electron chi connectivity index (χ3n) is 6.40. The van der Waals surface area contributed by atoms with Gasteiger partial charge in [-0.3, -0.25) is 14.4 Å². The molecule has 2 N–H and O–H groups in total. The van der Waals surface area contributed by atoms with E-state index >= 15 is 0 Å². The molecule has 0 aliphatic rings. The Morgan fingerprint density at radius 1 is 0.850 bits per heavy atom. The smallest absolute Gasteiger partial charge is 0.461 e. The van der Waals surface area contributed by atoms with Crippen molar-refractivity contribution in [3.63, 3.8) is 0 Å². The molecule has 0 aromatic heterocycles. The highest BCUT2D eigenvalue weighted by molar-refractivity contribution is 5.79. The number of benzene rings is 1. The van der Waals surface area contributed by atoms with Gasteiger partial charge in [0, 0.05) is 0 Å². The predicted molar refractivity (Wildman–Crippen MR) is 150 cm³/mol. The van der Waals surface area contributed by atoms with Crippen LogP contribution in [0, 0.1) is 11.8 Å². The largest absolute Gasteiger partial charge is 0.509 e. The summed E-state index contributed by atoms with van der Waals surface area (Å²) < 4.78 is 26.7. The second kappa shape index (κ2) is 16.8. The van der Waals surface area contributed by atoms with Crippen LogP contribution in [0.5, 0.6) is 11.5 Å². The molecular weight excluding hydrogens is 518 g/mol. The number of hydrogen-bond acceptors (Lipinski definition) is 10. The molecule has 0 heterocycles. The molecular formula is C30H47NO9. The van der Waals surface area contributed by atoms with E-state index in [0.29, 0.717) is 24.8 Å². The van der Waals surface area contributed by atoms with Crippen LogP contribution in [0.25, 0.3) is 0 Å². The van der Waals surface area contributed by atoms with E-state index < -0.39 is 41.8 Å². The Morgan fingerprint density at radius 2 is 1.40 bits per heavy atom. The number of carbonyl (C=O) groups is 4. The Balaban J connectivity index is 2.89. The van der Waals surface area contributed by atoms with Gasteiger partial charge in [0.15, 0.2) is 11.5 Å². The summed E-state index contributed by atoms with van der Waals surface area (Å²) in [5, 5.41) is 0. The Hall–Kier alpha value is -3.14. The maximum atomic E-state index is 12.6. The fraction of sp³-hybridized carbons (Fsp3) is 0.667. The van der Waals surface area contributed by atoms with Crippen molar-refractivity contribution in [2.45, 2.75) is 112 Å². The highest BCUT2D eigenvalue weighted by atomic mass is 16.7. The molecule has 0 radical (unpaired) electrons. The third kappa shape index (κ3) is 12.4. The van der Waals surface area contributed by atoms with Crippen molar-refractivity contribution < 1.29 is 42.9 Å². The average molecular weight is 566 g/mol. The van der Waals surface area contributed by atoms with Gasteiger partial charge >= 0.3 is 24.1 Å². The van der Waals surface area contributed by atoms with E-state index in [9.17, 15) is 19.2 Å². The molecule has 10 nitrogen and oxygen atoms in total. The van der Waals surface area contributed by atoms with Crippen molar-refractivity contribution in [3.8, 4) is 11.5 Å². The number of hydrogen-bond donors (Lipinski definition) is 1. The molecule has 0 spiro atoms. The minimum atomic E-state index is -1.04. The van der Waals surface area contributed by atoms with Crippen LogP contribution in [0.2, 0.25) is 0 Å². The fourth-order valence-corrected chi connectivity index (χ4v) is 3.53. The molecule has 0 aliphatic heterocycles. The predicted octanol–water partition coefficient (Wildman–Crippen LogP) is 5.51. The maximum Gasteiger partial charge on any atom is 0.509 e. The van der Waals surface area contributed by atoms with E-state index in [-0.39, 0.29) is 36.4 Å². The van der Waals surface area contributed by atoms with Gasteiger partial charge in [-0.15, -0.1) is 0 Å². The van der Waals surface area contributed by atoms with Crippen LogP contribution in [0.4, 0.5) is 4.79 Å². The highest BCUT2D eigenvalue weighted by Gasteiger charge is 2.25. The van der Waals surface area contributed by atoms with E-state index in [1.807, 2.05) is 20.8 Å². The van der Waals surface area contributed by atoms with Crippen molar-refractivity contribution in [1.82, 2.24) is 0 Å². The van der Waals surface area contributed by atoms with E-state index in [2.05, 4.69) is 0 Å². The first-order chi connectivity index (χ1) is 18.7. The average Bonchev–Trinajstić information content (AvgIpc) is 2.88. The summed E-state index contributed by atoms with van der Waals surface area (Å²) in [5.41, 5.74) is 5.98. The Morgan fingerprint density at radius 3 is 1.93 bits per heavy atom. The molecule has 1 rings (SSSR count). The summed E-state index contributed by atoms with van der Waals surface area (Å²) in [5.74, 6) is -2.03. The van der Waals surface area contributed by atoms with E-state index in [1.165, 1.54) is 12.1 Å². The highest BCUT2D eigenvalue weighted by Crippen LogP contribution is 2.31. The molecule has 2 unspecified atom stereocenters. The van der Waals surface area contributed by atoms with Crippen molar-refractivity contribution in [1.29, 1.82) is 0 Å². The van der Waals surface area contributed by atoms with E-state index in [1.54, 1.807) is 40.7 Å². The number of nitrogens with two attached hydrogens (primary N) is 1. The molecule has 226 valence electrons. The quantitative estimate of drug-likeness (QED) is 0.201. The Bertz CT molecular complexity index is 991. The lowest BCUT2D eigenvalue weighted by Gasteiger charge is -2.24. The first-order valence-corrected chi connectivity index (χ1v) is 14.1. The van der Waals surface area contributed by atoms with Gasteiger partial charge in [-0.05, 0) is 64.2 Å². The second-order valence-electron chi connectivity index (χ2n) is 10.8. The molecule has 40 heavy (non-hydrogen) atoms. The van der Waals surface area contributed by atoms with Gasteiger partial charge in [0.05, 0.1) is 11.8 Å². The summed E-state index contributed by atoms with van der Waals surface area (Å²) >= 11 is 0. The second-order valence-corrected chi connectivity index (χ2v) is 10.8. The number of esters is 3. The maximum absolute atomic E-state index is 12.6. The van der Waals surface area contributed by atoms with Gasteiger partial charge in [0.2, 0.25) is 0 Å². The van der Waals surface area contributed by atoms with Gasteiger partial charge in [-0.25, -0.2) is 4.79 Å². The van der Waals surface area contributed by atoms with Crippen LogP contribution < -0.4 is 15.2 Å². The monoisotopic (exact) mass is 565 g/mol. The third-order valence-corrected chi connectivity index (χ3v) is 6.40. The van der Waals surface area contributed by atoms with Crippen molar-refractivity contribution in [3.05, 3.63) is 23.8 Å². The zero-order chi connectivity index (χ0) is 30.5. The molecule has 0 saturated heterocycles. The summed E-state index contributed by atoms with van der Waals surface area (Å²) in [4.78, 5) is 49.6. The lowest BCUT2D eigenvalue weighted by Crippen LogP contribution is -2.36. The molecule has 0 amide bonds. The van der Waals surface area contributed by atoms with Crippen LogP contribution >= 0.6 is 0 Å². The first-order valence-electron chi connectivity index (χ1n) is 14.1. The Labute approximate surface area is 238 Å². The molecule has 1 aromatic rings. The van der Waals surface area contributed by atoms with Gasteiger partial charge in [0.1, 0.15) is 24.4 Å². The van der Waals surface area contributed by atoms with E-state index in [0.717, 1.165) is 12.8 Å². The number of rotatable bonds is 16. The van der Waals surface area contributed by atoms with Gasteiger partial charge in [-0.2, -0.15) is 0 Å².